The summed E-state index contributed by atoms with van der Waals surface area (Å²) in [5.41, 5.74) is 2.49. The van der Waals surface area contributed by atoms with Crippen LogP contribution in [0.3, 0.4) is 0 Å². The van der Waals surface area contributed by atoms with E-state index in [0.29, 0.717) is 35.7 Å². The number of rotatable bonds is 6. The zero-order chi connectivity index (χ0) is 23.4. The summed E-state index contributed by atoms with van der Waals surface area (Å²) in [6, 6.07) is 7.32. The minimum atomic E-state index is -0.242. The molecule has 1 fully saturated rings. The van der Waals surface area contributed by atoms with Crippen LogP contribution in [0, 0.1) is 6.92 Å². The Hall–Kier alpha value is -3.75. The average Bonchev–Trinajstić information content (AvgIpc) is 3.28. The fraction of sp³-hybridized carbons (Fsp3) is 0.375. The summed E-state index contributed by atoms with van der Waals surface area (Å²) < 4.78 is 6.84. The summed E-state index contributed by atoms with van der Waals surface area (Å²) in [5, 5.41) is 7.02. The molecule has 1 aliphatic heterocycles. The van der Waals surface area contributed by atoms with Gasteiger partial charge in [-0.2, -0.15) is 5.10 Å². The van der Waals surface area contributed by atoms with Crippen LogP contribution >= 0.6 is 0 Å². The molecule has 9 heteroatoms. The molecule has 33 heavy (non-hydrogen) atoms. The lowest BCUT2D eigenvalue weighted by Gasteiger charge is -2.34. The Morgan fingerprint density at radius 3 is 2.82 bits per heavy atom. The molecule has 0 radical (unpaired) electrons. The van der Waals surface area contributed by atoms with Crippen molar-refractivity contribution < 1.29 is 14.3 Å². The number of carbonyl (C=O) groups is 2. The number of hydrogen-bond donors (Lipinski definition) is 1. The number of nitrogens with one attached hydrogen (secondary N) is 1. The van der Waals surface area contributed by atoms with E-state index >= 15 is 0 Å². The van der Waals surface area contributed by atoms with Crippen LogP contribution in [0.4, 0.5) is 0 Å². The number of amides is 2. The largest absolute Gasteiger partial charge is 0.497 e. The lowest BCUT2D eigenvalue weighted by molar-refractivity contribution is 0.0599. The van der Waals surface area contributed by atoms with E-state index < -0.39 is 0 Å². The molecule has 1 N–H and O–H groups in total. The van der Waals surface area contributed by atoms with Gasteiger partial charge in [-0.1, -0.05) is 12.1 Å². The average molecular weight is 449 g/mol. The van der Waals surface area contributed by atoms with Gasteiger partial charge in [-0.15, -0.1) is 0 Å². The number of benzene rings is 1. The van der Waals surface area contributed by atoms with E-state index in [-0.39, 0.29) is 17.9 Å². The standard InChI is InChI=1S/C24H28N6O3/c1-16-20(23(31)26-12-17-7-6-8-19(11-17)33-3)14-25-22(28-16)21-9-4-5-10-30(21)24(32)18-13-27-29(2)15-18/h6-8,11,13-15,21H,4-5,9-10,12H2,1-3H3,(H,26,31)/t21-/m0/s1. The molecule has 9 nitrogen and oxygen atoms in total. The number of ether oxygens (including phenoxy) is 1. The van der Waals surface area contributed by atoms with Crippen molar-refractivity contribution in [2.24, 2.45) is 7.05 Å². The molecular weight excluding hydrogens is 420 g/mol. The van der Waals surface area contributed by atoms with Crippen LogP contribution in [0.1, 0.15) is 63.1 Å². The van der Waals surface area contributed by atoms with Gasteiger partial charge in [0, 0.05) is 32.5 Å². The summed E-state index contributed by atoms with van der Waals surface area (Å²) in [5.74, 6) is 0.986. The van der Waals surface area contributed by atoms with Crippen LogP contribution in [0.2, 0.25) is 0 Å². The first kappa shape index (κ1) is 22.4. The van der Waals surface area contributed by atoms with Crippen LogP contribution in [-0.4, -0.2) is 50.1 Å². The maximum absolute atomic E-state index is 13.1. The lowest BCUT2D eigenvalue weighted by atomic mass is 10.00. The van der Waals surface area contributed by atoms with Crippen LogP contribution in [0.5, 0.6) is 5.75 Å². The third kappa shape index (κ3) is 5.02. The molecule has 1 saturated heterocycles. The van der Waals surface area contributed by atoms with Crippen molar-refractivity contribution in [2.45, 2.75) is 38.8 Å². The maximum Gasteiger partial charge on any atom is 0.257 e. The second-order valence-electron chi connectivity index (χ2n) is 8.17. The number of carbonyl (C=O) groups excluding carboxylic acids is 2. The minimum Gasteiger partial charge on any atom is -0.497 e. The van der Waals surface area contributed by atoms with Crippen molar-refractivity contribution in [2.75, 3.05) is 13.7 Å². The maximum atomic E-state index is 13.1. The Balaban J connectivity index is 1.48. The first-order valence-corrected chi connectivity index (χ1v) is 11.0. The predicted molar refractivity (Wildman–Crippen MR) is 122 cm³/mol. The number of nitrogens with zero attached hydrogens (tertiary/aromatic N) is 5. The molecule has 172 valence electrons. The highest BCUT2D eigenvalue weighted by molar-refractivity contribution is 5.95. The van der Waals surface area contributed by atoms with E-state index in [4.69, 9.17) is 4.74 Å². The molecule has 0 unspecified atom stereocenters. The van der Waals surface area contributed by atoms with Gasteiger partial charge >= 0.3 is 0 Å². The zero-order valence-electron chi connectivity index (χ0n) is 19.1. The molecule has 0 spiro atoms. The molecule has 2 aromatic heterocycles. The number of piperidine rings is 1. The van der Waals surface area contributed by atoms with Crippen LogP contribution in [-0.2, 0) is 13.6 Å². The smallest absolute Gasteiger partial charge is 0.257 e. The molecule has 3 heterocycles. The van der Waals surface area contributed by atoms with Gasteiger partial charge in [0.15, 0.2) is 5.82 Å². The summed E-state index contributed by atoms with van der Waals surface area (Å²) in [4.78, 5) is 36.7. The highest BCUT2D eigenvalue weighted by Gasteiger charge is 2.31. The topological polar surface area (TPSA) is 102 Å². The normalized spacial score (nSPS) is 15.8. The second kappa shape index (κ2) is 9.81. The number of methoxy groups -OCH3 is 1. The number of likely N-dealkylation sites (tertiary alicyclic amines) is 1. The van der Waals surface area contributed by atoms with Gasteiger partial charge in [-0.05, 0) is 43.9 Å². The van der Waals surface area contributed by atoms with E-state index in [0.717, 1.165) is 30.6 Å². The van der Waals surface area contributed by atoms with Crippen LogP contribution in [0.15, 0.2) is 42.9 Å². The number of aromatic nitrogens is 4. The Labute approximate surface area is 192 Å². The Bertz CT molecular complexity index is 1160. The molecular formula is C24H28N6O3. The summed E-state index contributed by atoms with van der Waals surface area (Å²) in [6.45, 7) is 2.80. The minimum absolute atomic E-state index is 0.0749. The highest BCUT2D eigenvalue weighted by atomic mass is 16.5. The van der Waals surface area contributed by atoms with Gasteiger partial charge in [0.1, 0.15) is 5.75 Å². The van der Waals surface area contributed by atoms with Crippen LogP contribution < -0.4 is 10.1 Å². The van der Waals surface area contributed by atoms with Gasteiger partial charge < -0.3 is 15.0 Å². The van der Waals surface area contributed by atoms with Gasteiger partial charge in [0.25, 0.3) is 11.8 Å². The van der Waals surface area contributed by atoms with E-state index in [1.165, 1.54) is 0 Å². The molecule has 4 rings (SSSR count). The van der Waals surface area contributed by atoms with E-state index in [9.17, 15) is 9.59 Å². The van der Waals surface area contributed by atoms with Crippen molar-refractivity contribution in [3.63, 3.8) is 0 Å². The molecule has 1 atom stereocenters. The fourth-order valence-electron chi connectivity index (χ4n) is 4.07. The summed E-state index contributed by atoms with van der Waals surface area (Å²) in [6.07, 6.45) is 7.57. The van der Waals surface area contributed by atoms with E-state index in [2.05, 4.69) is 20.4 Å². The Morgan fingerprint density at radius 2 is 2.09 bits per heavy atom. The molecule has 1 aromatic carbocycles. The third-order valence-electron chi connectivity index (χ3n) is 5.84. The Morgan fingerprint density at radius 1 is 1.24 bits per heavy atom. The molecule has 0 saturated carbocycles. The SMILES string of the molecule is COc1cccc(CNC(=O)c2cnc([C@@H]3CCCCN3C(=O)c3cnn(C)c3)nc2C)c1. The summed E-state index contributed by atoms with van der Waals surface area (Å²) in [7, 11) is 3.40. The van der Waals surface area contributed by atoms with Crippen molar-refractivity contribution in [3.05, 3.63) is 71.1 Å². The van der Waals surface area contributed by atoms with E-state index in [1.54, 1.807) is 44.4 Å². The van der Waals surface area contributed by atoms with Crippen molar-refractivity contribution in [1.29, 1.82) is 0 Å². The quantitative estimate of drug-likeness (QED) is 0.622. The molecule has 2 amide bonds. The van der Waals surface area contributed by atoms with Gasteiger partial charge in [-0.25, -0.2) is 9.97 Å². The molecule has 3 aromatic rings. The van der Waals surface area contributed by atoms with Crippen molar-refractivity contribution >= 4 is 11.8 Å². The number of hydrogen-bond acceptors (Lipinski definition) is 6. The lowest BCUT2D eigenvalue weighted by Crippen LogP contribution is -2.39. The van der Waals surface area contributed by atoms with Gasteiger partial charge in [-0.3, -0.25) is 14.3 Å². The highest BCUT2D eigenvalue weighted by Crippen LogP contribution is 2.30. The van der Waals surface area contributed by atoms with Gasteiger partial charge in [0.2, 0.25) is 0 Å². The van der Waals surface area contributed by atoms with E-state index in [1.807, 2.05) is 29.2 Å². The monoisotopic (exact) mass is 448 g/mol. The van der Waals surface area contributed by atoms with Crippen molar-refractivity contribution in [3.8, 4) is 5.75 Å². The number of aryl methyl sites for hydroxylation is 2. The predicted octanol–water partition coefficient (Wildman–Crippen LogP) is 2.82. The van der Waals surface area contributed by atoms with Crippen LogP contribution in [0.25, 0.3) is 0 Å². The first-order valence-electron chi connectivity index (χ1n) is 11.0. The first-order chi connectivity index (χ1) is 16.0. The molecule has 1 aliphatic rings. The molecule has 0 bridgehead atoms. The third-order valence-corrected chi connectivity index (χ3v) is 5.84. The second-order valence-corrected chi connectivity index (χ2v) is 8.17. The molecule has 0 aliphatic carbocycles. The summed E-state index contributed by atoms with van der Waals surface area (Å²) >= 11 is 0. The fourth-order valence-corrected chi connectivity index (χ4v) is 4.07. The van der Waals surface area contributed by atoms with Crippen molar-refractivity contribution in [1.82, 2.24) is 30.0 Å². The van der Waals surface area contributed by atoms with Gasteiger partial charge in [0.05, 0.1) is 36.2 Å². The zero-order valence-corrected chi connectivity index (χ0v) is 19.1. The Kier molecular flexibility index (Phi) is 6.67.